The largest absolute Gasteiger partial charge is 0.457 e. The first-order valence-electron chi connectivity index (χ1n) is 14.8. The first kappa shape index (κ1) is 24.8. The maximum atomic E-state index is 6.59. The molecule has 5 aromatic rings. The van der Waals surface area contributed by atoms with E-state index >= 15 is 0 Å². The standard InChI is InChI=1S/C38H33N3O/c1-3-38(2,24-21-23-11-10-14-27-35(23)28(22-24)37(40)36(27)39)29-19-20-30(26-13-5-4-12-25(26)29)41-31-15-6-8-17-33(31)42-34-18-9-7-16-32(34)41/h4-8,10-17,19-22H,3,9,18,39-40H2,1-2H3. The van der Waals surface area contributed by atoms with Crippen molar-refractivity contribution in [1.29, 1.82) is 0 Å². The number of hydrogen-bond acceptors (Lipinski definition) is 4. The zero-order chi connectivity index (χ0) is 28.6. The first-order valence-corrected chi connectivity index (χ1v) is 14.8. The Morgan fingerprint density at radius 3 is 2.45 bits per heavy atom. The third kappa shape index (κ3) is 3.35. The van der Waals surface area contributed by atoms with E-state index in [9.17, 15) is 0 Å². The lowest BCUT2D eigenvalue weighted by Crippen LogP contribution is -2.26. The van der Waals surface area contributed by atoms with E-state index in [2.05, 4.69) is 116 Å². The predicted octanol–water partition coefficient (Wildman–Crippen LogP) is 8.86. The number of benzene rings is 5. The second-order valence-electron chi connectivity index (χ2n) is 11.8. The lowest BCUT2D eigenvalue weighted by Gasteiger charge is -2.37. The van der Waals surface area contributed by atoms with Gasteiger partial charge in [0.1, 0.15) is 5.76 Å². The molecule has 0 spiro atoms. The van der Waals surface area contributed by atoms with Gasteiger partial charge in [0.2, 0.25) is 0 Å². The zero-order valence-electron chi connectivity index (χ0n) is 23.9. The van der Waals surface area contributed by atoms with Gasteiger partial charge in [-0.1, -0.05) is 86.7 Å². The number of anilines is 2. The summed E-state index contributed by atoms with van der Waals surface area (Å²) < 4.78 is 6.39. The number of rotatable bonds is 4. The minimum Gasteiger partial charge on any atom is -0.457 e. The lowest BCUT2D eigenvalue weighted by atomic mass is 9.71. The molecule has 5 aromatic carbocycles. The van der Waals surface area contributed by atoms with Crippen molar-refractivity contribution in [3.05, 3.63) is 137 Å². The second kappa shape index (κ2) is 9.02. The number of para-hydroxylation sites is 2. The summed E-state index contributed by atoms with van der Waals surface area (Å²) in [5.74, 6) is 1.93. The summed E-state index contributed by atoms with van der Waals surface area (Å²) in [6.45, 7) is 4.64. The molecule has 206 valence electrons. The number of nitrogens with two attached hydrogens (primary N) is 2. The number of nitrogens with zero attached hydrogens (tertiary/aromatic N) is 1. The molecule has 0 bridgehead atoms. The van der Waals surface area contributed by atoms with Crippen LogP contribution < -0.4 is 21.1 Å². The predicted molar refractivity (Wildman–Crippen MR) is 174 cm³/mol. The van der Waals surface area contributed by atoms with Crippen LogP contribution in [0, 0.1) is 0 Å². The van der Waals surface area contributed by atoms with Crippen molar-refractivity contribution in [2.24, 2.45) is 11.5 Å². The van der Waals surface area contributed by atoms with Crippen molar-refractivity contribution in [2.45, 2.75) is 38.5 Å². The minimum atomic E-state index is -0.255. The van der Waals surface area contributed by atoms with Crippen LogP contribution in [0.1, 0.15) is 55.4 Å². The van der Waals surface area contributed by atoms with Crippen LogP contribution in [0.5, 0.6) is 5.75 Å². The van der Waals surface area contributed by atoms with Crippen LogP contribution in [-0.2, 0) is 5.41 Å². The molecule has 4 heteroatoms. The SMILES string of the molecule is CCC(C)(c1cc2c3c(cccc3c1)C(N)=C2N)c1ccc(N2C3=C(CCC=C3)Oc3ccccc32)c2ccccc12. The highest BCUT2D eigenvalue weighted by molar-refractivity contribution is 6.12. The molecule has 0 saturated carbocycles. The van der Waals surface area contributed by atoms with Crippen LogP contribution in [0.15, 0.2) is 115 Å². The normalized spacial score (nSPS) is 17.0. The van der Waals surface area contributed by atoms with Gasteiger partial charge in [0.15, 0.2) is 5.75 Å². The Morgan fingerprint density at radius 1 is 0.810 bits per heavy atom. The minimum absolute atomic E-state index is 0.255. The second-order valence-corrected chi connectivity index (χ2v) is 11.8. The molecule has 1 heterocycles. The van der Waals surface area contributed by atoms with Crippen molar-refractivity contribution in [3.8, 4) is 5.75 Å². The summed E-state index contributed by atoms with van der Waals surface area (Å²) in [7, 11) is 0. The maximum Gasteiger partial charge on any atom is 0.151 e. The van der Waals surface area contributed by atoms with Crippen LogP contribution in [0.2, 0.25) is 0 Å². The fraction of sp³-hybridized carbons (Fsp3) is 0.158. The Morgan fingerprint density at radius 2 is 1.60 bits per heavy atom. The molecule has 0 saturated heterocycles. The summed E-state index contributed by atoms with van der Waals surface area (Å²) >= 11 is 0. The highest BCUT2D eigenvalue weighted by atomic mass is 16.5. The summed E-state index contributed by atoms with van der Waals surface area (Å²) in [4.78, 5) is 2.38. The molecule has 3 aliphatic rings. The highest BCUT2D eigenvalue weighted by Gasteiger charge is 2.34. The van der Waals surface area contributed by atoms with Gasteiger partial charge in [-0.25, -0.2) is 0 Å². The lowest BCUT2D eigenvalue weighted by molar-refractivity contribution is 0.388. The number of fused-ring (bicyclic) bond motifs is 2. The maximum absolute atomic E-state index is 6.59. The molecule has 8 rings (SSSR count). The Labute approximate surface area is 246 Å². The molecule has 1 aliphatic heterocycles. The third-order valence-corrected chi connectivity index (χ3v) is 9.61. The molecule has 0 radical (unpaired) electrons. The fourth-order valence-corrected chi connectivity index (χ4v) is 7.17. The quantitative estimate of drug-likeness (QED) is 0.236. The van der Waals surface area contributed by atoms with Crippen molar-refractivity contribution < 1.29 is 4.74 Å². The summed E-state index contributed by atoms with van der Waals surface area (Å²) in [6, 6.07) is 32.7. The average Bonchev–Trinajstić information content (AvgIpc) is 3.29. The Hall–Kier alpha value is -4.96. The van der Waals surface area contributed by atoms with E-state index in [-0.39, 0.29) is 5.41 Å². The molecule has 0 fully saturated rings. The third-order valence-electron chi connectivity index (χ3n) is 9.61. The van der Waals surface area contributed by atoms with Crippen molar-refractivity contribution in [1.82, 2.24) is 0 Å². The molecule has 2 aliphatic carbocycles. The van der Waals surface area contributed by atoms with Gasteiger partial charge < -0.3 is 21.1 Å². The number of allylic oxidation sites excluding steroid dienone is 3. The molecular weight excluding hydrogens is 514 g/mol. The Balaban J connectivity index is 1.35. The van der Waals surface area contributed by atoms with E-state index in [0.29, 0.717) is 11.4 Å². The van der Waals surface area contributed by atoms with Gasteiger partial charge in [-0.05, 0) is 65.1 Å². The van der Waals surface area contributed by atoms with E-state index in [4.69, 9.17) is 16.2 Å². The van der Waals surface area contributed by atoms with Crippen LogP contribution in [0.3, 0.4) is 0 Å². The first-order chi connectivity index (χ1) is 20.5. The van der Waals surface area contributed by atoms with Gasteiger partial charge in [-0.15, -0.1) is 0 Å². The number of ether oxygens (including phenoxy) is 1. The smallest absolute Gasteiger partial charge is 0.151 e. The monoisotopic (exact) mass is 547 g/mol. The van der Waals surface area contributed by atoms with Crippen LogP contribution >= 0.6 is 0 Å². The molecule has 0 aromatic heterocycles. The molecule has 42 heavy (non-hydrogen) atoms. The van der Waals surface area contributed by atoms with Crippen molar-refractivity contribution in [3.63, 3.8) is 0 Å². The van der Waals surface area contributed by atoms with Gasteiger partial charge >= 0.3 is 0 Å². The molecule has 4 N–H and O–H groups in total. The Kier molecular flexibility index (Phi) is 5.33. The van der Waals surface area contributed by atoms with Gasteiger partial charge in [0.25, 0.3) is 0 Å². The Bertz CT molecular complexity index is 2050. The average molecular weight is 548 g/mol. The van der Waals surface area contributed by atoms with E-state index in [0.717, 1.165) is 64.4 Å². The molecular formula is C38H33N3O. The fourth-order valence-electron chi connectivity index (χ4n) is 7.17. The van der Waals surface area contributed by atoms with Crippen LogP contribution in [0.25, 0.3) is 32.9 Å². The summed E-state index contributed by atoms with van der Waals surface area (Å²) in [6.07, 6.45) is 7.27. The summed E-state index contributed by atoms with van der Waals surface area (Å²) in [5.41, 5.74) is 22.1. The van der Waals surface area contributed by atoms with Crippen LogP contribution in [0.4, 0.5) is 11.4 Å². The molecule has 1 atom stereocenters. The zero-order valence-corrected chi connectivity index (χ0v) is 23.9. The van der Waals surface area contributed by atoms with Gasteiger partial charge in [-0.3, -0.25) is 0 Å². The molecule has 4 nitrogen and oxygen atoms in total. The van der Waals surface area contributed by atoms with Gasteiger partial charge in [-0.2, -0.15) is 0 Å². The number of hydrogen-bond donors (Lipinski definition) is 2. The topological polar surface area (TPSA) is 64.5 Å². The van der Waals surface area contributed by atoms with E-state index in [1.807, 2.05) is 6.07 Å². The van der Waals surface area contributed by atoms with Crippen molar-refractivity contribution >= 4 is 44.3 Å². The summed E-state index contributed by atoms with van der Waals surface area (Å²) in [5, 5.41) is 4.80. The van der Waals surface area contributed by atoms with E-state index < -0.39 is 0 Å². The van der Waals surface area contributed by atoms with Gasteiger partial charge in [0.05, 0.1) is 28.5 Å². The van der Waals surface area contributed by atoms with Crippen molar-refractivity contribution in [2.75, 3.05) is 4.90 Å². The van der Waals surface area contributed by atoms with Crippen LogP contribution in [-0.4, -0.2) is 0 Å². The van der Waals surface area contributed by atoms with Gasteiger partial charge in [0, 0.05) is 33.7 Å². The highest BCUT2D eigenvalue weighted by Crippen LogP contribution is 2.49. The molecule has 0 amide bonds. The van der Waals surface area contributed by atoms with E-state index in [1.165, 1.54) is 27.3 Å². The van der Waals surface area contributed by atoms with E-state index in [1.54, 1.807) is 0 Å². The molecule has 1 unspecified atom stereocenters.